The Morgan fingerprint density at radius 3 is 2.38 bits per heavy atom. The minimum atomic E-state index is -1.10. The monoisotopic (exact) mass is 507 g/mol. The third-order valence-electron chi connectivity index (χ3n) is 7.04. The standard InChI is InChI=1S/C28H33N3O6/c1-19(33)30-17-22-16-24(21-8-10-23(11-9-21)37-15-14-32)26(25(18-30)31(22)28(35)36)27(34)29(2)13-12-20-6-4-3-5-7-20/h3-11,22,25,32H,12-18H2,1-2H3,(H,35,36). The minimum Gasteiger partial charge on any atom is -0.491 e. The van der Waals surface area contributed by atoms with Crippen molar-refractivity contribution in [3.05, 3.63) is 71.3 Å². The molecule has 9 heteroatoms. The number of fused-ring (bicyclic) bond motifs is 2. The van der Waals surface area contributed by atoms with Crippen LogP contribution in [0.5, 0.6) is 5.75 Å². The van der Waals surface area contributed by atoms with E-state index in [-0.39, 0.29) is 38.1 Å². The van der Waals surface area contributed by atoms with E-state index in [1.54, 1.807) is 29.0 Å². The van der Waals surface area contributed by atoms with Crippen molar-refractivity contribution in [3.63, 3.8) is 0 Å². The van der Waals surface area contributed by atoms with Gasteiger partial charge in [0.05, 0.1) is 18.7 Å². The van der Waals surface area contributed by atoms with Crippen LogP contribution in [0.1, 0.15) is 24.5 Å². The molecule has 2 heterocycles. The number of carbonyl (C=O) groups excluding carboxylic acids is 2. The zero-order valence-electron chi connectivity index (χ0n) is 21.2. The number of benzene rings is 2. The van der Waals surface area contributed by atoms with Crippen molar-refractivity contribution in [2.45, 2.75) is 31.8 Å². The Labute approximate surface area is 216 Å². The van der Waals surface area contributed by atoms with Crippen LogP contribution in [0.3, 0.4) is 0 Å². The maximum atomic E-state index is 13.9. The van der Waals surface area contributed by atoms with Crippen molar-refractivity contribution in [3.8, 4) is 5.75 Å². The predicted molar refractivity (Wildman–Crippen MR) is 138 cm³/mol. The Kier molecular flexibility index (Phi) is 8.13. The number of rotatable bonds is 8. The fraction of sp³-hybridized carbons (Fsp3) is 0.393. The molecule has 2 aliphatic heterocycles. The van der Waals surface area contributed by atoms with Gasteiger partial charge in [-0.1, -0.05) is 42.5 Å². The summed E-state index contributed by atoms with van der Waals surface area (Å²) in [6.45, 7) is 2.43. The lowest BCUT2D eigenvalue weighted by Gasteiger charge is -2.50. The van der Waals surface area contributed by atoms with Crippen LogP contribution in [0, 0.1) is 0 Å². The largest absolute Gasteiger partial charge is 0.491 e. The van der Waals surface area contributed by atoms with Crippen LogP contribution in [0.2, 0.25) is 0 Å². The normalized spacial score (nSPS) is 19.0. The van der Waals surface area contributed by atoms with Crippen molar-refractivity contribution in [2.24, 2.45) is 0 Å². The van der Waals surface area contributed by atoms with Crippen LogP contribution in [-0.4, -0.2) is 94.8 Å². The molecular weight excluding hydrogens is 474 g/mol. The first kappa shape index (κ1) is 26.2. The molecular formula is C28H33N3O6. The molecule has 2 aromatic carbocycles. The van der Waals surface area contributed by atoms with Crippen LogP contribution in [0.4, 0.5) is 4.79 Å². The van der Waals surface area contributed by atoms with E-state index in [0.29, 0.717) is 30.7 Å². The van der Waals surface area contributed by atoms with Crippen molar-refractivity contribution in [2.75, 3.05) is 39.9 Å². The van der Waals surface area contributed by atoms with E-state index in [2.05, 4.69) is 0 Å². The second-order valence-corrected chi connectivity index (χ2v) is 9.44. The first-order chi connectivity index (χ1) is 17.8. The van der Waals surface area contributed by atoms with E-state index in [1.807, 2.05) is 42.5 Å². The molecule has 0 spiro atoms. The third kappa shape index (κ3) is 5.77. The summed E-state index contributed by atoms with van der Waals surface area (Å²) in [5.74, 6) is 0.210. The highest BCUT2D eigenvalue weighted by Crippen LogP contribution is 2.39. The average molecular weight is 508 g/mol. The predicted octanol–water partition coefficient (Wildman–Crippen LogP) is 2.50. The maximum absolute atomic E-state index is 13.9. The molecule has 1 saturated heterocycles. The molecule has 1 fully saturated rings. The van der Waals surface area contributed by atoms with Gasteiger partial charge in [0.15, 0.2) is 0 Å². The number of hydrogen-bond acceptors (Lipinski definition) is 5. The minimum absolute atomic E-state index is 0.0953. The highest BCUT2D eigenvalue weighted by Gasteiger charge is 2.47. The maximum Gasteiger partial charge on any atom is 0.408 e. The zero-order chi connectivity index (χ0) is 26.5. The van der Waals surface area contributed by atoms with Gasteiger partial charge in [-0.05, 0) is 41.7 Å². The number of aliphatic hydroxyl groups is 1. The number of hydrogen-bond donors (Lipinski definition) is 2. The van der Waals surface area contributed by atoms with Gasteiger partial charge < -0.3 is 24.7 Å². The zero-order valence-corrected chi connectivity index (χ0v) is 21.2. The molecule has 0 aliphatic carbocycles. The van der Waals surface area contributed by atoms with Gasteiger partial charge in [-0.25, -0.2) is 4.79 Å². The Morgan fingerprint density at radius 2 is 1.76 bits per heavy atom. The molecule has 0 saturated carbocycles. The van der Waals surface area contributed by atoms with E-state index in [0.717, 1.165) is 16.7 Å². The van der Waals surface area contributed by atoms with Gasteiger partial charge in [0, 0.05) is 39.2 Å². The van der Waals surface area contributed by atoms with Gasteiger partial charge in [-0.2, -0.15) is 0 Å². The summed E-state index contributed by atoms with van der Waals surface area (Å²) < 4.78 is 5.48. The van der Waals surface area contributed by atoms with Crippen LogP contribution in [0.25, 0.3) is 5.57 Å². The van der Waals surface area contributed by atoms with E-state index >= 15 is 0 Å². The van der Waals surface area contributed by atoms with Gasteiger partial charge in [0.2, 0.25) is 5.91 Å². The summed E-state index contributed by atoms with van der Waals surface area (Å²) in [7, 11) is 1.73. The first-order valence-corrected chi connectivity index (χ1v) is 12.4. The molecule has 196 valence electrons. The molecule has 9 nitrogen and oxygen atoms in total. The second-order valence-electron chi connectivity index (χ2n) is 9.44. The molecule has 4 rings (SSSR count). The van der Waals surface area contributed by atoms with Crippen LogP contribution in [-0.2, 0) is 16.0 Å². The molecule has 2 unspecified atom stereocenters. The molecule has 0 aromatic heterocycles. The number of piperazine rings is 1. The third-order valence-corrected chi connectivity index (χ3v) is 7.04. The van der Waals surface area contributed by atoms with Crippen molar-refractivity contribution in [1.29, 1.82) is 0 Å². The van der Waals surface area contributed by atoms with Gasteiger partial charge in [-0.15, -0.1) is 0 Å². The quantitative estimate of drug-likeness (QED) is 0.568. The van der Waals surface area contributed by atoms with Crippen LogP contribution in [0.15, 0.2) is 60.2 Å². The van der Waals surface area contributed by atoms with Gasteiger partial charge in [-0.3, -0.25) is 14.5 Å². The Balaban J connectivity index is 1.72. The number of likely N-dealkylation sites (N-methyl/N-ethyl adjacent to an activating group) is 1. The summed E-state index contributed by atoms with van der Waals surface area (Å²) in [6.07, 6.45) is -0.114. The van der Waals surface area contributed by atoms with E-state index in [1.165, 1.54) is 11.8 Å². The van der Waals surface area contributed by atoms with Crippen LogP contribution < -0.4 is 4.74 Å². The first-order valence-electron chi connectivity index (χ1n) is 12.4. The fourth-order valence-electron chi connectivity index (χ4n) is 5.16. The van der Waals surface area contributed by atoms with Gasteiger partial charge >= 0.3 is 6.09 Å². The topological polar surface area (TPSA) is 111 Å². The summed E-state index contributed by atoms with van der Waals surface area (Å²) in [4.78, 5) is 43.2. The Bertz CT molecular complexity index is 1160. The smallest absolute Gasteiger partial charge is 0.408 e. The molecule has 2 bridgehead atoms. The molecule has 0 radical (unpaired) electrons. The number of aliphatic hydroxyl groups excluding tert-OH is 1. The lowest BCUT2D eigenvalue weighted by atomic mass is 9.81. The van der Waals surface area contributed by atoms with Gasteiger partial charge in [0.1, 0.15) is 12.4 Å². The average Bonchev–Trinajstić information content (AvgIpc) is 2.90. The Morgan fingerprint density at radius 1 is 1.05 bits per heavy atom. The SMILES string of the molecule is CC(=O)N1CC2CC(c3ccc(OCCO)cc3)=C(C(=O)N(C)CCc3ccccc3)C(C1)N2C(=O)O. The van der Waals surface area contributed by atoms with Crippen molar-refractivity contribution in [1.82, 2.24) is 14.7 Å². The van der Waals surface area contributed by atoms with Gasteiger partial charge in [0.25, 0.3) is 5.91 Å². The number of carbonyl (C=O) groups is 3. The molecule has 2 aliphatic rings. The molecule has 2 atom stereocenters. The Hall–Kier alpha value is -3.85. The van der Waals surface area contributed by atoms with Crippen molar-refractivity contribution >= 4 is 23.5 Å². The van der Waals surface area contributed by atoms with Crippen LogP contribution >= 0.6 is 0 Å². The second kappa shape index (κ2) is 11.5. The highest BCUT2D eigenvalue weighted by atomic mass is 16.5. The number of amides is 3. The van der Waals surface area contributed by atoms with E-state index in [9.17, 15) is 19.5 Å². The number of ether oxygens (including phenoxy) is 1. The highest BCUT2D eigenvalue weighted by molar-refractivity contribution is 6.04. The number of nitrogens with zero attached hydrogens (tertiary/aromatic N) is 3. The number of carboxylic acid groups (broad SMARTS) is 1. The molecule has 3 amide bonds. The summed E-state index contributed by atoms with van der Waals surface area (Å²) in [5.41, 5.74) is 3.11. The van der Waals surface area contributed by atoms with Crippen molar-refractivity contribution < 1.29 is 29.3 Å². The van der Waals surface area contributed by atoms with E-state index in [4.69, 9.17) is 9.84 Å². The lowest BCUT2D eigenvalue weighted by Crippen LogP contribution is -2.64. The summed E-state index contributed by atoms with van der Waals surface area (Å²) >= 11 is 0. The lowest BCUT2D eigenvalue weighted by molar-refractivity contribution is -0.134. The van der Waals surface area contributed by atoms with E-state index < -0.39 is 18.2 Å². The molecule has 2 N–H and O–H groups in total. The summed E-state index contributed by atoms with van der Waals surface area (Å²) in [6, 6.07) is 15.9. The molecule has 37 heavy (non-hydrogen) atoms. The molecule has 2 aromatic rings. The fourth-order valence-corrected chi connectivity index (χ4v) is 5.16. The summed E-state index contributed by atoms with van der Waals surface area (Å²) in [5, 5.41) is 19.1.